The van der Waals surface area contributed by atoms with E-state index in [2.05, 4.69) is 15.6 Å². The van der Waals surface area contributed by atoms with Gasteiger partial charge in [0.15, 0.2) is 5.41 Å². The van der Waals surface area contributed by atoms with Gasteiger partial charge in [-0.25, -0.2) is 4.98 Å². The number of carbonyl (C=O) groups excluding carboxylic acids is 2. The zero-order chi connectivity index (χ0) is 15.7. The van der Waals surface area contributed by atoms with Crippen LogP contribution >= 0.6 is 0 Å². The van der Waals surface area contributed by atoms with Crippen LogP contribution in [-0.4, -0.2) is 40.7 Å². The van der Waals surface area contributed by atoms with Crippen molar-refractivity contribution in [3.05, 3.63) is 18.3 Å². The van der Waals surface area contributed by atoms with Gasteiger partial charge in [0.05, 0.1) is 6.20 Å². The van der Waals surface area contributed by atoms with Gasteiger partial charge in [-0.3, -0.25) is 9.59 Å². The second kappa shape index (κ2) is 5.33. The summed E-state index contributed by atoms with van der Waals surface area (Å²) in [5, 5.41) is 14.7. The van der Waals surface area contributed by atoms with Crippen molar-refractivity contribution in [2.24, 2.45) is 5.41 Å². The maximum absolute atomic E-state index is 12.4. The van der Waals surface area contributed by atoms with E-state index in [1.807, 2.05) is 0 Å². The van der Waals surface area contributed by atoms with Gasteiger partial charge in [-0.15, -0.1) is 0 Å². The molecule has 1 saturated heterocycles. The van der Waals surface area contributed by atoms with E-state index in [4.69, 9.17) is 9.84 Å². The lowest BCUT2D eigenvalue weighted by Crippen LogP contribution is -2.65. The van der Waals surface area contributed by atoms with Gasteiger partial charge in [-0.2, -0.15) is 0 Å². The Morgan fingerprint density at radius 2 is 2.05 bits per heavy atom. The second-order valence-electron chi connectivity index (χ2n) is 6.04. The Hall–Kier alpha value is -2.15. The highest BCUT2D eigenvalue weighted by atomic mass is 16.6. The Morgan fingerprint density at radius 3 is 2.48 bits per heavy atom. The quantitative estimate of drug-likeness (QED) is 0.559. The fourth-order valence-corrected chi connectivity index (χ4v) is 1.84. The second-order valence-corrected chi connectivity index (χ2v) is 6.04. The third-order valence-corrected chi connectivity index (χ3v) is 3.07. The molecule has 1 aliphatic rings. The zero-order valence-corrected chi connectivity index (χ0v) is 12.3. The highest BCUT2D eigenvalue weighted by Gasteiger charge is 2.53. The molecular formula is C14H19N3O4. The molecule has 1 aromatic rings. The van der Waals surface area contributed by atoms with Crippen molar-refractivity contribution in [3.63, 3.8) is 0 Å². The van der Waals surface area contributed by atoms with E-state index in [0.29, 0.717) is 0 Å². The lowest BCUT2D eigenvalue weighted by molar-refractivity contribution is -0.173. The van der Waals surface area contributed by atoms with E-state index in [1.165, 1.54) is 18.3 Å². The summed E-state index contributed by atoms with van der Waals surface area (Å²) in [7, 11) is 0. The van der Waals surface area contributed by atoms with Crippen LogP contribution in [0, 0.1) is 5.41 Å². The Bertz CT molecular complexity index is 544. The number of amides is 1. The zero-order valence-electron chi connectivity index (χ0n) is 12.3. The van der Waals surface area contributed by atoms with Crippen LogP contribution in [0.25, 0.3) is 0 Å². The Labute approximate surface area is 122 Å². The summed E-state index contributed by atoms with van der Waals surface area (Å²) in [6, 6.07) is 2.86. The number of nitrogens with one attached hydrogen (secondary N) is 2. The number of esters is 1. The molecule has 7 nitrogen and oxygen atoms in total. The molecular weight excluding hydrogens is 274 g/mol. The van der Waals surface area contributed by atoms with E-state index in [9.17, 15) is 9.59 Å². The fourth-order valence-electron chi connectivity index (χ4n) is 1.84. The monoisotopic (exact) mass is 293 g/mol. The molecule has 1 aromatic heterocycles. The van der Waals surface area contributed by atoms with Gasteiger partial charge < -0.3 is 20.5 Å². The van der Waals surface area contributed by atoms with Crippen molar-refractivity contribution in [2.45, 2.75) is 26.4 Å². The van der Waals surface area contributed by atoms with Crippen molar-refractivity contribution in [2.75, 3.05) is 18.4 Å². The predicted octanol–water partition coefficient (Wildman–Crippen LogP) is 0.657. The predicted molar refractivity (Wildman–Crippen MR) is 75.7 cm³/mol. The third kappa shape index (κ3) is 3.30. The van der Waals surface area contributed by atoms with Crippen LogP contribution in [0.15, 0.2) is 18.3 Å². The van der Waals surface area contributed by atoms with Gasteiger partial charge in [0.25, 0.3) is 0 Å². The molecule has 1 fully saturated rings. The molecule has 1 amide bonds. The fraction of sp³-hybridized carbons (Fsp3) is 0.500. The number of ether oxygens (including phenoxy) is 1. The number of hydrogen-bond donors (Lipinski definition) is 3. The minimum Gasteiger partial charge on any atom is -0.506 e. The summed E-state index contributed by atoms with van der Waals surface area (Å²) in [5.74, 6) is -0.744. The first-order chi connectivity index (χ1) is 9.73. The lowest BCUT2D eigenvalue weighted by Gasteiger charge is -2.39. The van der Waals surface area contributed by atoms with Gasteiger partial charge in [-0.05, 0) is 32.9 Å². The SMILES string of the molecule is CC(C)(C)OC(=O)C1(C(=O)Nc2ccc(O)cn2)CNC1. The van der Waals surface area contributed by atoms with E-state index in [1.54, 1.807) is 20.8 Å². The van der Waals surface area contributed by atoms with Crippen LogP contribution < -0.4 is 10.6 Å². The minimum absolute atomic E-state index is 0.000153. The van der Waals surface area contributed by atoms with Crippen LogP contribution in [0.1, 0.15) is 20.8 Å². The highest BCUT2D eigenvalue weighted by Crippen LogP contribution is 2.28. The normalized spacial score (nSPS) is 16.7. The van der Waals surface area contributed by atoms with Crippen molar-refractivity contribution in [1.82, 2.24) is 10.3 Å². The molecule has 21 heavy (non-hydrogen) atoms. The minimum atomic E-state index is -1.23. The van der Waals surface area contributed by atoms with Gasteiger partial charge in [0.2, 0.25) is 5.91 Å². The number of anilines is 1. The summed E-state index contributed by atoms with van der Waals surface area (Å²) in [4.78, 5) is 28.5. The molecule has 114 valence electrons. The van der Waals surface area contributed by atoms with Crippen LogP contribution in [-0.2, 0) is 14.3 Å². The van der Waals surface area contributed by atoms with Gasteiger partial charge in [0, 0.05) is 13.1 Å². The van der Waals surface area contributed by atoms with Gasteiger partial charge in [0.1, 0.15) is 17.2 Å². The van der Waals surface area contributed by atoms with Crippen LogP contribution in [0.2, 0.25) is 0 Å². The van der Waals surface area contributed by atoms with E-state index in [0.717, 1.165) is 0 Å². The Morgan fingerprint density at radius 1 is 1.38 bits per heavy atom. The molecule has 0 aliphatic carbocycles. The summed E-state index contributed by atoms with van der Waals surface area (Å²) in [5.41, 5.74) is -1.89. The first-order valence-electron chi connectivity index (χ1n) is 6.64. The lowest BCUT2D eigenvalue weighted by atomic mass is 9.80. The first kappa shape index (κ1) is 15.2. The number of aromatic nitrogens is 1. The molecule has 0 atom stereocenters. The number of rotatable bonds is 3. The molecule has 0 bridgehead atoms. The molecule has 0 spiro atoms. The van der Waals surface area contributed by atoms with Crippen LogP contribution in [0.5, 0.6) is 5.75 Å². The van der Waals surface area contributed by atoms with E-state index in [-0.39, 0.29) is 24.7 Å². The van der Waals surface area contributed by atoms with Crippen molar-refractivity contribution < 1.29 is 19.4 Å². The van der Waals surface area contributed by atoms with Gasteiger partial charge in [-0.1, -0.05) is 0 Å². The molecule has 0 radical (unpaired) electrons. The topological polar surface area (TPSA) is 101 Å². The Kier molecular flexibility index (Phi) is 3.87. The maximum atomic E-state index is 12.4. The maximum Gasteiger partial charge on any atom is 0.324 e. The average Bonchev–Trinajstić information content (AvgIpc) is 2.28. The van der Waals surface area contributed by atoms with Crippen LogP contribution in [0.4, 0.5) is 5.82 Å². The standard InChI is InChI=1S/C14H19N3O4/c1-13(2,3)21-12(20)14(7-15-8-14)11(19)17-10-5-4-9(18)6-16-10/h4-6,15,18H,7-8H2,1-3H3,(H,16,17,19). The summed E-state index contributed by atoms with van der Waals surface area (Å²) in [6.07, 6.45) is 1.22. The number of aromatic hydroxyl groups is 1. The molecule has 3 N–H and O–H groups in total. The number of hydrogen-bond acceptors (Lipinski definition) is 6. The molecule has 0 saturated carbocycles. The summed E-state index contributed by atoms with van der Waals surface area (Å²) >= 11 is 0. The third-order valence-electron chi connectivity index (χ3n) is 3.07. The summed E-state index contributed by atoms with van der Waals surface area (Å²) in [6.45, 7) is 5.72. The Balaban J connectivity index is 2.11. The highest BCUT2D eigenvalue weighted by molar-refractivity contribution is 6.10. The number of carbonyl (C=O) groups is 2. The molecule has 2 rings (SSSR count). The van der Waals surface area contributed by atoms with Crippen molar-refractivity contribution in [1.29, 1.82) is 0 Å². The van der Waals surface area contributed by atoms with E-state index < -0.39 is 22.9 Å². The molecule has 0 unspecified atom stereocenters. The van der Waals surface area contributed by atoms with E-state index >= 15 is 0 Å². The smallest absolute Gasteiger partial charge is 0.324 e. The molecule has 0 aromatic carbocycles. The molecule has 1 aliphatic heterocycles. The number of nitrogens with zero attached hydrogens (tertiary/aromatic N) is 1. The molecule has 7 heteroatoms. The van der Waals surface area contributed by atoms with Gasteiger partial charge >= 0.3 is 5.97 Å². The summed E-state index contributed by atoms with van der Waals surface area (Å²) < 4.78 is 5.32. The number of pyridine rings is 1. The molecule has 2 heterocycles. The van der Waals surface area contributed by atoms with Crippen molar-refractivity contribution in [3.8, 4) is 5.75 Å². The van der Waals surface area contributed by atoms with Crippen LogP contribution in [0.3, 0.4) is 0 Å². The first-order valence-corrected chi connectivity index (χ1v) is 6.64. The largest absolute Gasteiger partial charge is 0.506 e. The average molecular weight is 293 g/mol. The van der Waals surface area contributed by atoms with Crippen molar-refractivity contribution >= 4 is 17.7 Å².